The minimum absolute atomic E-state index is 0. The molecule has 4 nitrogen and oxygen atoms in total. The van der Waals surface area contributed by atoms with Crippen LogP contribution in [0.2, 0.25) is 0 Å². The minimum atomic E-state index is -0.305. The highest BCUT2D eigenvalue weighted by atomic mass is 35.5. The molecule has 1 aromatic heterocycles. The third-order valence-corrected chi connectivity index (χ3v) is 5.45. The lowest BCUT2D eigenvalue weighted by Gasteiger charge is -2.32. The first-order chi connectivity index (χ1) is 13.7. The van der Waals surface area contributed by atoms with Crippen LogP contribution in [0.5, 0.6) is 0 Å². The molecule has 0 unspecified atom stereocenters. The highest BCUT2D eigenvalue weighted by molar-refractivity contribution is 5.85. The molecule has 3 aromatic rings. The first kappa shape index (κ1) is 21.2. The summed E-state index contributed by atoms with van der Waals surface area (Å²) in [5.41, 5.74) is 2.52. The van der Waals surface area contributed by atoms with Crippen LogP contribution in [-0.4, -0.2) is 27.8 Å². The Labute approximate surface area is 176 Å². The molecular weight excluding hydrogens is 389 g/mol. The van der Waals surface area contributed by atoms with Crippen LogP contribution in [-0.2, 0) is 13.1 Å². The van der Waals surface area contributed by atoms with E-state index in [-0.39, 0.29) is 23.8 Å². The Morgan fingerprint density at radius 3 is 2.34 bits per heavy atom. The van der Waals surface area contributed by atoms with Crippen molar-refractivity contribution in [1.82, 2.24) is 14.7 Å². The lowest BCUT2D eigenvalue weighted by atomic mass is 9.96. The summed E-state index contributed by atoms with van der Waals surface area (Å²) in [6, 6.07) is 18.3. The number of aromatic nitrogens is 2. The van der Waals surface area contributed by atoms with Crippen molar-refractivity contribution in [3.05, 3.63) is 88.6 Å². The fourth-order valence-electron chi connectivity index (χ4n) is 3.84. The molecule has 0 radical (unpaired) electrons. The van der Waals surface area contributed by atoms with E-state index in [4.69, 9.17) is 0 Å². The normalized spacial score (nSPS) is 15.1. The Hall–Kier alpha value is -2.50. The molecule has 0 bridgehead atoms. The Morgan fingerprint density at radius 2 is 1.66 bits per heavy atom. The largest absolute Gasteiger partial charge is 0.299 e. The molecule has 0 N–H and O–H groups in total. The van der Waals surface area contributed by atoms with E-state index in [0.29, 0.717) is 18.0 Å². The lowest BCUT2D eigenvalue weighted by molar-refractivity contribution is 0.163. The van der Waals surface area contributed by atoms with Gasteiger partial charge in [0, 0.05) is 19.3 Å². The zero-order valence-electron chi connectivity index (χ0n) is 16.2. The molecule has 29 heavy (non-hydrogen) atoms. The molecule has 2 aromatic carbocycles. The maximum atomic E-state index is 13.2. The second kappa shape index (κ2) is 9.81. The number of benzene rings is 2. The molecule has 4 rings (SSSR count). The summed E-state index contributed by atoms with van der Waals surface area (Å²) >= 11 is 0. The summed E-state index contributed by atoms with van der Waals surface area (Å²) in [4.78, 5) is 15.3. The number of hydrogen-bond donors (Lipinski definition) is 0. The number of likely N-dealkylation sites (tertiary alicyclic amines) is 1. The van der Waals surface area contributed by atoms with E-state index in [0.717, 1.165) is 38.0 Å². The van der Waals surface area contributed by atoms with Gasteiger partial charge in [0.2, 0.25) is 0 Å². The molecule has 1 aliphatic heterocycles. The van der Waals surface area contributed by atoms with Gasteiger partial charge < -0.3 is 0 Å². The Morgan fingerprint density at radius 1 is 0.966 bits per heavy atom. The summed E-state index contributed by atoms with van der Waals surface area (Å²) in [7, 11) is 0. The SMILES string of the molecule is Cl.O=c1c(-c2ccc(F)cc2)ccnn1CC1CCN(Cc2ccccc2)CC1. The van der Waals surface area contributed by atoms with Crippen LogP contribution in [0.4, 0.5) is 4.39 Å². The average molecular weight is 414 g/mol. The third kappa shape index (κ3) is 5.31. The molecular formula is C23H25ClFN3O. The summed E-state index contributed by atoms with van der Waals surface area (Å²) in [5.74, 6) is 0.140. The smallest absolute Gasteiger partial charge is 0.274 e. The van der Waals surface area contributed by atoms with Gasteiger partial charge >= 0.3 is 0 Å². The van der Waals surface area contributed by atoms with Gasteiger partial charge in [0.25, 0.3) is 5.56 Å². The maximum absolute atomic E-state index is 13.2. The lowest BCUT2D eigenvalue weighted by Crippen LogP contribution is -2.36. The Balaban J connectivity index is 0.00000240. The van der Waals surface area contributed by atoms with E-state index in [9.17, 15) is 9.18 Å². The summed E-state index contributed by atoms with van der Waals surface area (Å²) < 4.78 is 14.7. The molecule has 0 amide bonds. The molecule has 1 aliphatic rings. The van der Waals surface area contributed by atoms with E-state index in [1.54, 1.807) is 29.1 Å². The van der Waals surface area contributed by atoms with Crippen LogP contribution >= 0.6 is 12.4 Å². The number of halogens is 2. The van der Waals surface area contributed by atoms with Gasteiger partial charge in [-0.1, -0.05) is 42.5 Å². The zero-order chi connectivity index (χ0) is 19.3. The fraction of sp³-hybridized carbons (Fsp3) is 0.304. The molecule has 1 fully saturated rings. The van der Waals surface area contributed by atoms with Crippen molar-refractivity contribution in [1.29, 1.82) is 0 Å². The second-order valence-electron chi connectivity index (χ2n) is 7.44. The molecule has 0 aliphatic carbocycles. The van der Waals surface area contributed by atoms with Crippen LogP contribution in [0.15, 0.2) is 71.7 Å². The summed E-state index contributed by atoms with van der Waals surface area (Å²) in [5, 5.41) is 4.28. The molecule has 0 saturated carbocycles. The zero-order valence-corrected chi connectivity index (χ0v) is 17.0. The van der Waals surface area contributed by atoms with E-state index < -0.39 is 0 Å². The van der Waals surface area contributed by atoms with Gasteiger partial charge in [-0.3, -0.25) is 9.69 Å². The number of nitrogens with zero attached hydrogens (tertiary/aromatic N) is 3. The maximum Gasteiger partial charge on any atom is 0.274 e. The first-order valence-electron chi connectivity index (χ1n) is 9.77. The summed E-state index contributed by atoms with van der Waals surface area (Å²) in [6.45, 7) is 3.68. The quantitative estimate of drug-likeness (QED) is 0.622. The number of hydrogen-bond acceptors (Lipinski definition) is 3. The van der Waals surface area contributed by atoms with E-state index in [1.165, 1.54) is 17.7 Å². The van der Waals surface area contributed by atoms with Crippen LogP contribution in [0, 0.1) is 11.7 Å². The minimum Gasteiger partial charge on any atom is -0.299 e. The van der Waals surface area contributed by atoms with E-state index in [1.807, 2.05) is 6.07 Å². The monoisotopic (exact) mass is 413 g/mol. The second-order valence-corrected chi connectivity index (χ2v) is 7.44. The predicted molar refractivity (Wildman–Crippen MR) is 116 cm³/mol. The molecule has 6 heteroatoms. The van der Waals surface area contributed by atoms with Crippen LogP contribution in [0.3, 0.4) is 0 Å². The standard InChI is InChI=1S/C23H24FN3O.ClH/c24-21-8-6-20(7-9-21)22-10-13-25-27(23(22)28)17-19-11-14-26(15-12-19)16-18-4-2-1-3-5-18;/h1-10,13,19H,11-12,14-17H2;1H. The first-order valence-corrected chi connectivity index (χ1v) is 9.77. The molecule has 1 saturated heterocycles. The number of piperidine rings is 1. The Kier molecular flexibility index (Phi) is 7.18. The highest BCUT2D eigenvalue weighted by Gasteiger charge is 2.21. The van der Waals surface area contributed by atoms with Gasteiger partial charge in [-0.15, -0.1) is 12.4 Å². The third-order valence-electron chi connectivity index (χ3n) is 5.45. The van der Waals surface area contributed by atoms with Crippen molar-refractivity contribution in [2.75, 3.05) is 13.1 Å². The molecule has 152 valence electrons. The highest BCUT2D eigenvalue weighted by Crippen LogP contribution is 2.21. The van der Waals surface area contributed by atoms with E-state index >= 15 is 0 Å². The van der Waals surface area contributed by atoms with Gasteiger partial charge in [0.1, 0.15) is 5.82 Å². The summed E-state index contributed by atoms with van der Waals surface area (Å²) in [6.07, 6.45) is 3.77. The molecule has 2 heterocycles. The molecule has 0 spiro atoms. The Bertz CT molecular complexity index is 967. The topological polar surface area (TPSA) is 38.1 Å². The van der Waals surface area contributed by atoms with Crippen molar-refractivity contribution in [3.63, 3.8) is 0 Å². The predicted octanol–water partition coefficient (Wildman–Crippen LogP) is 4.38. The average Bonchev–Trinajstić information content (AvgIpc) is 2.73. The van der Waals surface area contributed by atoms with Gasteiger partial charge in [0.05, 0.1) is 5.56 Å². The van der Waals surface area contributed by atoms with Crippen molar-refractivity contribution in [3.8, 4) is 11.1 Å². The van der Waals surface area contributed by atoms with Crippen LogP contribution in [0.25, 0.3) is 11.1 Å². The van der Waals surface area contributed by atoms with Gasteiger partial charge in [-0.05, 0) is 61.2 Å². The van der Waals surface area contributed by atoms with Crippen LogP contribution < -0.4 is 5.56 Å². The van der Waals surface area contributed by atoms with Crippen molar-refractivity contribution >= 4 is 12.4 Å². The van der Waals surface area contributed by atoms with Crippen molar-refractivity contribution in [2.24, 2.45) is 5.92 Å². The van der Waals surface area contributed by atoms with Gasteiger partial charge in [0.15, 0.2) is 0 Å². The van der Waals surface area contributed by atoms with Crippen molar-refractivity contribution < 1.29 is 4.39 Å². The van der Waals surface area contributed by atoms with Crippen molar-refractivity contribution in [2.45, 2.75) is 25.9 Å². The van der Waals surface area contributed by atoms with Crippen LogP contribution in [0.1, 0.15) is 18.4 Å². The van der Waals surface area contributed by atoms with E-state index in [2.05, 4.69) is 34.3 Å². The fourth-order valence-corrected chi connectivity index (χ4v) is 3.84. The number of rotatable bonds is 5. The van der Waals surface area contributed by atoms with Gasteiger partial charge in [-0.2, -0.15) is 5.10 Å². The molecule has 0 atom stereocenters. The van der Waals surface area contributed by atoms with Gasteiger partial charge in [-0.25, -0.2) is 9.07 Å².